The topological polar surface area (TPSA) is 67.5 Å². The van der Waals surface area contributed by atoms with Gasteiger partial charge in [0.1, 0.15) is 17.6 Å². The van der Waals surface area contributed by atoms with Crippen LogP contribution in [0.15, 0.2) is 52.2 Å². The largest absolute Gasteiger partial charge is 0.497 e. The fourth-order valence-corrected chi connectivity index (χ4v) is 3.42. The average Bonchev–Trinajstić information content (AvgIpc) is 3.38. The van der Waals surface area contributed by atoms with Crippen LogP contribution in [-0.2, 0) is 9.53 Å². The Labute approximate surface area is 158 Å². The number of morpholine rings is 1. The molecule has 0 saturated carbocycles. The number of furan rings is 1. The smallest absolute Gasteiger partial charge is 0.257 e. The molecule has 0 bridgehead atoms. The summed E-state index contributed by atoms with van der Waals surface area (Å²) in [7, 11) is 1.64. The lowest BCUT2D eigenvalue weighted by molar-refractivity contribution is -0.135. The number of carbonyl (C=O) groups is 1. The fraction of sp³-hybridized carbons (Fsp3) is 0.400. The van der Waals surface area contributed by atoms with E-state index in [4.69, 9.17) is 13.9 Å². The van der Waals surface area contributed by atoms with Gasteiger partial charge in [-0.2, -0.15) is 5.10 Å². The molecule has 0 unspecified atom stereocenters. The lowest BCUT2D eigenvalue weighted by atomic mass is 10.0. The summed E-state index contributed by atoms with van der Waals surface area (Å²) in [6.45, 7) is 3.19. The minimum atomic E-state index is -0.217. The number of hydrogen-bond donors (Lipinski definition) is 0. The van der Waals surface area contributed by atoms with Crippen molar-refractivity contribution in [3.8, 4) is 5.75 Å². The molecule has 1 amide bonds. The lowest BCUT2D eigenvalue weighted by Crippen LogP contribution is -2.43. The molecule has 7 nitrogen and oxygen atoms in total. The third kappa shape index (κ3) is 3.89. The summed E-state index contributed by atoms with van der Waals surface area (Å²) in [5.41, 5.74) is 1.85. The van der Waals surface area contributed by atoms with Crippen LogP contribution in [-0.4, -0.2) is 61.5 Å². The standard InChI is InChI=1S/C20H23N3O4/c1-25-16-6-4-15(5-7-16)17-13-18(19-3-2-10-27-19)23(21-17)20(24)14-22-8-11-26-12-9-22/h2-7,10,18H,8-9,11-14H2,1H3/t18-/m0/s1. The van der Waals surface area contributed by atoms with Gasteiger partial charge in [-0.25, -0.2) is 5.01 Å². The molecule has 2 aromatic rings. The number of benzene rings is 1. The molecule has 0 N–H and O–H groups in total. The third-order valence-electron chi connectivity index (χ3n) is 4.92. The third-order valence-corrected chi connectivity index (χ3v) is 4.92. The van der Waals surface area contributed by atoms with Crippen molar-refractivity contribution in [2.45, 2.75) is 12.5 Å². The minimum absolute atomic E-state index is 0.0261. The van der Waals surface area contributed by atoms with Crippen LogP contribution < -0.4 is 4.74 Å². The summed E-state index contributed by atoms with van der Waals surface area (Å²) in [6, 6.07) is 11.2. The second kappa shape index (κ2) is 7.94. The summed E-state index contributed by atoms with van der Waals surface area (Å²) in [5.74, 6) is 1.51. The SMILES string of the molecule is COc1ccc(C2=NN(C(=O)CN3CCOCC3)[C@H](c3ccco3)C2)cc1. The van der Waals surface area contributed by atoms with Gasteiger partial charge >= 0.3 is 0 Å². The van der Waals surface area contributed by atoms with Gasteiger partial charge in [0.25, 0.3) is 5.91 Å². The van der Waals surface area contributed by atoms with Gasteiger partial charge in [-0.15, -0.1) is 0 Å². The van der Waals surface area contributed by atoms with E-state index in [0.29, 0.717) is 26.2 Å². The lowest BCUT2D eigenvalue weighted by Gasteiger charge is -2.28. The molecule has 7 heteroatoms. The first-order valence-corrected chi connectivity index (χ1v) is 9.12. The predicted molar refractivity (Wildman–Crippen MR) is 99.7 cm³/mol. The molecule has 2 aliphatic rings. The number of amides is 1. The number of methoxy groups -OCH3 is 1. The van der Waals surface area contributed by atoms with Crippen LogP contribution >= 0.6 is 0 Å². The van der Waals surface area contributed by atoms with E-state index in [1.807, 2.05) is 36.4 Å². The van der Waals surface area contributed by atoms with E-state index in [1.165, 1.54) is 0 Å². The number of nitrogens with zero attached hydrogens (tertiary/aromatic N) is 3. The Hall–Kier alpha value is -2.64. The van der Waals surface area contributed by atoms with Gasteiger partial charge in [-0.3, -0.25) is 9.69 Å². The van der Waals surface area contributed by atoms with Crippen molar-refractivity contribution in [2.75, 3.05) is 40.0 Å². The molecule has 1 fully saturated rings. The summed E-state index contributed by atoms with van der Waals surface area (Å²) in [6.07, 6.45) is 2.25. The van der Waals surface area contributed by atoms with Crippen LogP contribution in [0.5, 0.6) is 5.75 Å². The summed E-state index contributed by atoms with van der Waals surface area (Å²) >= 11 is 0. The van der Waals surface area contributed by atoms with Crippen molar-refractivity contribution in [3.05, 3.63) is 54.0 Å². The molecule has 1 aromatic carbocycles. The molecule has 142 valence electrons. The molecular weight excluding hydrogens is 346 g/mol. The van der Waals surface area contributed by atoms with Crippen LogP contribution in [0.4, 0.5) is 0 Å². The van der Waals surface area contributed by atoms with E-state index in [1.54, 1.807) is 18.4 Å². The first-order valence-electron chi connectivity index (χ1n) is 9.12. The van der Waals surface area contributed by atoms with Crippen LogP contribution in [0.25, 0.3) is 0 Å². The van der Waals surface area contributed by atoms with Gasteiger partial charge in [0, 0.05) is 19.5 Å². The maximum Gasteiger partial charge on any atom is 0.257 e. The van der Waals surface area contributed by atoms with Crippen molar-refractivity contribution in [3.63, 3.8) is 0 Å². The number of carbonyl (C=O) groups excluding carboxylic acids is 1. The maximum absolute atomic E-state index is 13.0. The number of rotatable bonds is 5. The summed E-state index contributed by atoms with van der Waals surface area (Å²) in [4.78, 5) is 15.1. The highest BCUT2D eigenvalue weighted by atomic mass is 16.5. The number of hydrogen-bond acceptors (Lipinski definition) is 6. The van der Waals surface area contributed by atoms with Crippen molar-refractivity contribution in [1.82, 2.24) is 9.91 Å². The highest BCUT2D eigenvalue weighted by Crippen LogP contribution is 2.33. The Kier molecular flexibility index (Phi) is 5.22. The van der Waals surface area contributed by atoms with Crippen molar-refractivity contribution in [2.24, 2.45) is 5.10 Å². The van der Waals surface area contributed by atoms with E-state index in [-0.39, 0.29) is 11.9 Å². The van der Waals surface area contributed by atoms with Crippen molar-refractivity contribution >= 4 is 11.6 Å². The Balaban J connectivity index is 1.56. The molecule has 1 saturated heterocycles. The van der Waals surface area contributed by atoms with Gasteiger partial charge in [0.2, 0.25) is 0 Å². The average molecular weight is 369 g/mol. The monoisotopic (exact) mass is 369 g/mol. The zero-order valence-electron chi connectivity index (χ0n) is 15.3. The Morgan fingerprint density at radius 2 is 2.00 bits per heavy atom. The number of hydrazone groups is 1. The summed E-state index contributed by atoms with van der Waals surface area (Å²) < 4.78 is 16.2. The molecule has 0 radical (unpaired) electrons. The molecule has 0 aliphatic carbocycles. The minimum Gasteiger partial charge on any atom is -0.497 e. The van der Waals surface area contributed by atoms with Crippen LogP contribution in [0.2, 0.25) is 0 Å². The molecule has 4 rings (SSSR count). The van der Waals surface area contributed by atoms with E-state index < -0.39 is 0 Å². The van der Waals surface area contributed by atoms with E-state index in [2.05, 4.69) is 10.0 Å². The van der Waals surface area contributed by atoms with Crippen LogP contribution in [0, 0.1) is 0 Å². The highest BCUT2D eigenvalue weighted by Gasteiger charge is 2.35. The first kappa shape index (κ1) is 17.8. The van der Waals surface area contributed by atoms with Crippen LogP contribution in [0.1, 0.15) is 23.8 Å². The molecule has 3 heterocycles. The normalized spacial score (nSPS) is 20.6. The van der Waals surface area contributed by atoms with Crippen LogP contribution in [0.3, 0.4) is 0 Å². The molecule has 0 spiro atoms. The van der Waals surface area contributed by atoms with Gasteiger partial charge < -0.3 is 13.9 Å². The first-order chi connectivity index (χ1) is 13.2. The Bertz CT molecular complexity index is 795. The zero-order chi connectivity index (χ0) is 18.6. The van der Waals surface area contributed by atoms with Crippen molar-refractivity contribution in [1.29, 1.82) is 0 Å². The van der Waals surface area contributed by atoms with E-state index in [0.717, 1.165) is 35.9 Å². The molecular formula is C20H23N3O4. The van der Waals surface area contributed by atoms with Gasteiger partial charge in [-0.05, 0) is 42.0 Å². The molecule has 1 atom stereocenters. The number of ether oxygens (including phenoxy) is 2. The quantitative estimate of drug-likeness (QED) is 0.809. The maximum atomic E-state index is 13.0. The fourth-order valence-electron chi connectivity index (χ4n) is 3.42. The van der Waals surface area contributed by atoms with E-state index >= 15 is 0 Å². The Morgan fingerprint density at radius 3 is 2.67 bits per heavy atom. The molecule has 27 heavy (non-hydrogen) atoms. The Morgan fingerprint density at radius 1 is 1.22 bits per heavy atom. The van der Waals surface area contributed by atoms with Crippen molar-refractivity contribution < 1.29 is 18.7 Å². The van der Waals surface area contributed by atoms with E-state index in [9.17, 15) is 4.79 Å². The molecule has 1 aromatic heterocycles. The zero-order valence-corrected chi connectivity index (χ0v) is 15.3. The molecule has 2 aliphatic heterocycles. The van der Waals surface area contributed by atoms with Gasteiger partial charge in [-0.1, -0.05) is 0 Å². The second-order valence-electron chi connectivity index (χ2n) is 6.64. The summed E-state index contributed by atoms with van der Waals surface area (Å²) in [5, 5.41) is 6.24. The van der Waals surface area contributed by atoms with Gasteiger partial charge in [0.05, 0.1) is 38.8 Å². The predicted octanol–water partition coefficient (Wildman–Crippen LogP) is 2.30. The van der Waals surface area contributed by atoms with Gasteiger partial charge in [0.15, 0.2) is 0 Å². The highest BCUT2D eigenvalue weighted by molar-refractivity contribution is 6.03. The second-order valence-corrected chi connectivity index (χ2v) is 6.64.